The summed E-state index contributed by atoms with van der Waals surface area (Å²) >= 11 is 0. The van der Waals surface area contributed by atoms with E-state index in [1.54, 1.807) is 0 Å². The van der Waals surface area contributed by atoms with Crippen LogP contribution in [0.3, 0.4) is 0 Å². The molecule has 0 unspecified atom stereocenters. The first-order valence-electron chi connectivity index (χ1n) is 3.61. The third kappa shape index (κ3) is 68400. The van der Waals surface area contributed by atoms with E-state index in [0.717, 1.165) is 6.92 Å². The molecule has 0 heterocycles. The van der Waals surface area contributed by atoms with Crippen molar-refractivity contribution in [3.63, 3.8) is 0 Å². The van der Waals surface area contributed by atoms with Crippen molar-refractivity contribution in [1.82, 2.24) is 9.80 Å². The van der Waals surface area contributed by atoms with Crippen molar-refractivity contribution in [2.45, 2.75) is 6.92 Å². The van der Waals surface area contributed by atoms with Gasteiger partial charge in [-0.25, -0.2) is 0 Å². The lowest BCUT2D eigenvalue weighted by atomic mass is 10.9. The predicted molar refractivity (Wildman–Crippen MR) is 62.9 cm³/mol. The molecule has 0 aromatic rings. The summed E-state index contributed by atoms with van der Waals surface area (Å²) in [6.07, 6.45) is 0. The van der Waals surface area contributed by atoms with Gasteiger partial charge in [0.15, 0.2) is 0 Å². The molecular weight excluding hydrogens is 236 g/mol. The molecule has 0 aliphatic carbocycles. The molecule has 0 fully saturated rings. The Bertz CT molecular complexity index is 82.6. The summed E-state index contributed by atoms with van der Waals surface area (Å²) in [5.41, 5.74) is 0. The molecule has 0 bridgehead atoms. The number of rotatable bonds is 0. The first-order chi connectivity index (χ1) is 5.20. The smallest absolute Gasteiger partial charge is 0.300 e. The molecule has 0 saturated heterocycles. The second-order valence-electron chi connectivity index (χ2n) is 3.20. The van der Waals surface area contributed by atoms with E-state index in [4.69, 9.17) is 9.90 Å². The van der Waals surface area contributed by atoms with Crippen molar-refractivity contribution in [1.29, 1.82) is 0 Å². The minimum absolute atomic E-state index is 0. The van der Waals surface area contributed by atoms with Gasteiger partial charge in [0.25, 0.3) is 5.97 Å². The van der Waals surface area contributed by atoms with E-state index in [2.05, 4.69) is 0 Å². The van der Waals surface area contributed by atoms with Crippen molar-refractivity contribution >= 4 is 23.0 Å². The molecule has 0 aromatic heterocycles. The van der Waals surface area contributed by atoms with E-state index in [1.807, 2.05) is 52.1 Å². The van der Waals surface area contributed by atoms with Gasteiger partial charge in [-0.15, -0.1) is 17.0 Å². The predicted octanol–water partition coefficient (Wildman–Crippen LogP) is 1.02. The van der Waals surface area contributed by atoms with Gasteiger partial charge in [-0.05, 0) is 42.3 Å². The Morgan fingerprint density at radius 2 is 0.923 bits per heavy atom. The number of hydrogen-bond acceptors (Lipinski definition) is 3. The van der Waals surface area contributed by atoms with Crippen LogP contribution in [0.4, 0.5) is 0 Å². The molecule has 0 radical (unpaired) electrons. The summed E-state index contributed by atoms with van der Waals surface area (Å²) in [6.45, 7) is 1.08. The van der Waals surface area contributed by atoms with Gasteiger partial charge >= 0.3 is 0 Å². The van der Waals surface area contributed by atoms with Gasteiger partial charge in [0.1, 0.15) is 0 Å². The third-order valence-corrected chi connectivity index (χ3v) is 0. The molecule has 0 aliphatic rings. The fourth-order valence-corrected chi connectivity index (χ4v) is 0. The lowest BCUT2D eigenvalue weighted by Gasteiger charge is -1.90. The van der Waals surface area contributed by atoms with Crippen LogP contribution in [0.2, 0.25) is 0 Å². The van der Waals surface area contributed by atoms with Crippen LogP contribution in [0.5, 0.6) is 0 Å². The van der Waals surface area contributed by atoms with Gasteiger partial charge in [0.05, 0.1) is 0 Å². The first kappa shape index (κ1) is 23.0. The van der Waals surface area contributed by atoms with E-state index < -0.39 is 5.97 Å². The van der Waals surface area contributed by atoms with Crippen LogP contribution in [-0.2, 0) is 4.79 Å². The summed E-state index contributed by atoms with van der Waals surface area (Å²) in [5, 5.41) is 7.42. The average molecular weight is 259 g/mol. The van der Waals surface area contributed by atoms with Crippen LogP contribution >= 0.6 is 17.0 Å². The summed E-state index contributed by atoms with van der Waals surface area (Å²) in [7, 11) is 12.0. The van der Waals surface area contributed by atoms with E-state index >= 15 is 0 Å². The maximum absolute atomic E-state index is 9.00. The Morgan fingerprint density at radius 3 is 0.923 bits per heavy atom. The molecule has 0 rings (SSSR count). The van der Waals surface area contributed by atoms with Gasteiger partial charge in [-0.3, -0.25) is 4.79 Å². The normalized spacial score (nSPS) is 7.46. The highest BCUT2D eigenvalue weighted by molar-refractivity contribution is 8.93. The quantitative estimate of drug-likeness (QED) is 0.705. The maximum Gasteiger partial charge on any atom is 0.300 e. The van der Waals surface area contributed by atoms with Crippen LogP contribution in [0, 0.1) is 0 Å². The van der Waals surface area contributed by atoms with Crippen molar-refractivity contribution in [2.24, 2.45) is 0 Å². The molecule has 0 saturated carbocycles. The molecule has 0 atom stereocenters. The highest BCUT2D eigenvalue weighted by Crippen LogP contribution is 1.48. The van der Waals surface area contributed by atoms with E-state index in [9.17, 15) is 0 Å². The van der Waals surface area contributed by atoms with Crippen LogP contribution in [0.1, 0.15) is 6.92 Å². The molecule has 84 valence electrons. The minimum Gasteiger partial charge on any atom is -0.481 e. The number of aliphatic carboxylic acids is 1. The van der Waals surface area contributed by atoms with Gasteiger partial charge in [0, 0.05) is 6.92 Å². The number of carbonyl (C=O) groups is 1. The van der Waals surface area contributed by atoms with Crippen LogP contribution in [-0.4, -0.2) is 63.2 Å². The molecule has 1 N–H and O–H groups in total. The second kappa shape index (κ2) is 17.8. The zero-order chi connectivity index (χ0) is 10.7. The van der Waals surface area contributed by atoms with Gasteiger partial charge < -0.3 is 14.9 Å². The van der Waals surface area contributed by atoms with Gasteiger partial charge in [-0.2, -0.15) is 0 Å². The Balaban J connectivity index is -0.0000000450. The molecule has 4 nitrogen and oxygen atoms in total. The molecule has 13 heavy (non-hydrogen) atoms. The van der Waals surface area contributed by atoms with E-state index in [-0.39, 0.29) is 17.0 Å². The zero-order valence-electron chi connectivity index (χ0n) is 9.66. The number of hydrogen-bond donors (Lipinski definition) is 1. The monoisotopic (exact) mass is 258 g/mol. The van der Waals surface area contributed by atoms with Crippen LogP contribution in [0.15, 0.2) is 0 Å². The molecule has 0 amide bonds. The summed E-state index contributed by atoms with van der Waals surface area (Å²) in [5.74, 6) is -0.833. The molecular formula is C8H23BrN2O2. The SMILES string of the molecule is Br.CC(=O)O.CN(C)C.CN(C)C. The largest absolute Gasteiger partial charge is 0.481 e. The summed E-state index contributed by atoms with van der Waals surface area (Å²) in [4.78, 5) is 13.0. The van der Waals surface area contributed by atoms with Crippen molar-refractivity contribution in [3.8, 4) is 0 Å². The Hall–Kier alpha value is -0.130. The van der Waals surface area contributed by atoms with Crippen molar-refractivity contribution in [3.05, 3.63) is 0 Å². The first-order valence-corrected chi connectivity index (χ1v) is 3.61. The maximum atomic E-state index is 9.00. The average Bonchev–Trinajstić information content (AvgIpc) is 1.54. The molecule has 5 heteroatoms. The fourth-order valence-electron chi connectivity index (χ4n) is 0. The molecule has 0 aliphatic heterocycles. The van der Waals surface area contributed by atoms with E-state index in [1.165, 1.54) is 0 Å². The Morgan fingerprint density at radius 1 is 0.923 bits per heavy atom. The lowest BCUT2D eigenvalue weighted by Crippen LogP contribution is -1.99. The highest BCUT2D eigenvalue weighted by atomic mass is 79.9. The summed E-state index contributed by atoms with van der Waals surface area (Å²) in [6, 6.07) is 0. The third-order valence-electron chi connectivity index (χ3n) is 0. The molecule has 0 aromatic carbocycles. The number of carboxylic acids is 1. The van der Waals surface area contributed by atoms with Crippen LogP contribution in [0.25, 0.3) is 0 Å². The minimum atomic E-state index is -0.833. The van der Waals surface area contributed by atoms with E-state index in [0.29, 0.717) is 0 Å². The fraction of sp³-hybridized carbons (Fsp3) is 0.875. The number of carboxylic acid groups (broad SMARTS) is 1. The topological polar surface area (TPSA) is 43.8 Å². The summed E-state index contributed by atoms with van der Waals surface area (Å²) < 4.78 is 0. The van der Waals surface area contributed by atoms with Crippen molar-refractivity contribution in [2.75, 3.05) is 42.3 Å². The highest BCUT2D eigenvalue weighted by Gasteiger charge is 1.65. The van der Waals surface area contributed by atoms with Gasteiger partial charge in [0.2, 0.25) is 0 Å². The molecule has 0 spiro atoms. The Kier molecular flexibility index (Phi) is 31.6. The zero-order valence-corrected chi connectivity index (χ0v) is 11.4. The number of halogens is 1. The standard InChI is InChI=1S/2C3H9N.C2H4O2.BrH/c2*1-4(2)3;1-2(3)4;/h2*1-3H3;1H3,(H,3,4);1H. The number of nitrogens with zero attached hydrogens (tertiary/aromatic N) is 2. The van der Waals surface area contributed by atoms with Crippen LogP contribution < -0.4 is 0 Å². The Labute approximate surface area is 92.3 Å². The van der Waals surface area contributed by atoms with Gasteiger partial charge in [-0.1, -0.05) is 0 Å². The lowest BCUT2D eigenvalue weighted by molar-refractivity contribution is -0.134. The second-order valence-corrected chi connectivity index (χ2v) is 3.20. The van der Waals surface area contributed by atoms with Crippen molar-refractivity contribution < 1.29 is 9.90 Å².